The van der Waals surface area contributed by atoms with Gasteiger partial charge in [-0.1, -0.05) is 53.0 Å². The Balaban J connectivity index is 1.62. The van der Waals surface area contributed by atoms with E-state index in [9.17, 15) is 13.2 Å². The van der Waals surface area contributed by atoms with E-state index in [1.54, 1.807) is 37.3 Å². The SMILES string of the molecule is C[C@H](C(=O)Nc1cc(Cl)c(Cl)cc1Cl)[NH+]1CCN(S(=O)(=O)c2ccccc2)CC1. The van der Waals surface area contributed by atoms with E-state index >= 15 is 0 Å². The highest BCUT2D eigenvalue weighted by Crippen LogP contribution is 2.32. The molecule has 156 valence electrons. The molecule has 1 aliphatic rings. The van der Waals surface area contributed by atoms with E-state index in [1.807, 2.05) is 0 Å². The molecule has 29 heavy (non-hydrogen) atoms. The Morgan fingerprint density at radius 2 is 1.62 bits per heavy atom. The molecule has 0 aromatic heterocycles. The molecule has 0 saturated carbocycles. The summed E-state index contributed by atoms with van der Waals surface area (Å²) in [5.74, 6) is -0.223. The first-order chi connectivity index (χ1) is 13.7. The van der Waals surface area contributed by atoms with E-state index < -0.39 is 10.0 Å². The number of carbonyl (C=O) groups is 1. The third kappa shape index (κ3) is 5.05. The molecule has 1 heterocycles. The summed E-state index contributed by atoms with van der Waals surface area (Å²) in [6.45, 7) is 3.54. The molecule has 1 amide bonds. The normalized spacial score (nSPS) is 17.1. The molecule has 0 bridgehead atoms. The second-order valence-electron chi connectivity index (χ2n) is 6.83. The van der Waals surface area contributed by atoms with Crippen LogP contribution in [0.2, 0.25) is 15.1 Å². The molecule has 3 rings (SSSR count). The van der Waals surface area contributed by atoms with Gasteiger partial charge in [0.25, 0.3) is 5.91 Å². The monoisotopic (exact) mass is 476 g/mol. The van der Waals surface area contributed by atoms with E-state index in [0.29, 0.717) is 46.9 Å². The number of carbonyl (C=O) groups excluding carboxylic acids is 1. The summed E-state index contributed by atoms with van der Waals surface area (Å²) < 4.78 is 26.9. The third-order valence-electron chi connectivity index (χ3n) is 5.02. The van der Waals surface area contributed by atoms with Crippen molar-refractivity contribution in [3.8, 4) is 0 Å². The summed E-state index contributed by atoms with van der Waals surface area (Å²) in [6, 6.07) is 11.0. The minimum absolute atomic E-state index is 0.223. The van der Waals surface area contributed by atoms with Crippen LogP contribution in [0.4, 0.5) is 5.69 Å². The summed E-state index contributed by atoms with van der Waals surface area (Å²) in [5.41, 5.74) is 0.391. The number of halogens is 3. The fourth-order valence-electron chi connectivity index (χ4n) is 3.23. The van der Waals surface area contributed by atoms with E-state index in [2.05, 4.69) is 5.32 Å². The van der Waals surface area contributed by atoms with Crippen LogP contribution in [-0.2, 0) is 14.8 Å². The minimum Gasteiger partial charge on any atom is -0.323 e. The van der Waals surface area contributed by atoms with Gasteiger partial charge in [-0.25, -0.2) is 8.42 Å². The molecule has 0 unspecified atom stereocenters. The van der Waals surface area contributed by atoms with Crippen molar-refractivity contribution in [1.29, 1.82) is 0 Å². The maximum absolute atomic E-state index is 12.7. The van der Waals surface area contributed by atoms with Crippen molar-refractivity contribution >= 4 is 56.4 Å². The van der Waals surface area contributed by atoms with Gasteiger partial charge in [-0.15, -0.1) is 0 Å². The molecular formula is C19H21Cl3N3O3S+. The summed E-state index contributed by atoms with van der Waals surface area (Å²) in [7, 11) is -3.52. The zero-order valence-electron chi connectivity index (χ0n) is 15.7. The number of amides is 1. The molecule has 1 atom stereocenters. The van der Waals surface area contributed by atoms with E-state index in [1.165, 1.54) is 16.4 Å². The van der Waals surface area contributed by atoms with Crippen LogP contribution in [0, 0.1) is 0 Å². The molecule has 6 nitrogen and oxygen atoms in total. The fraction of sp³-hybridized carbons (Fsp3) is 0.316. The van der Waals surface area contributed by atoms with Crippen molar-refractivity contribution in [2.24, 2.45) is 0 Å². The minimum atomic E-state index is -3.52. The number of nitrogens with one attached hydrogen (secondary N) is 2. The number of hydrogen-bond acceptors (Lipinski definition) is 3. The highest BCUT2D eigenvalue weighted by molar-refractivity contribution is 7.89. The molecule has 2 aromatic carbocycles. The predicted octanol–water partition coefficient (Wildman–Crippen LogP) is 2.56. The average Bonchev–Trinajstić information content (AvgIpc) is 2.72. The van der Waals surface area contributed by atoms with Crippen LogP contribution >= 0.6 is 34.8 Å². The standard InChI is InChI=1S/C19H20Cl3N3O3S/c1-13(19(26)23-18-12-16(21)15(20)11-17(18)22)24-7-9-25(10-8-24)29(27,28)14-5-3-2-4-6-14/h2-6,11-13H,7-10H2,1H3,(H,23,26)/p+1/t13-/m1/s1. The van der Waals surface area contributed by atoms with Gasteiger partial charge in [0, 0.05) is 0 Å². The number of benzene rings is 2. The zero-order chi connectivity index (χ0) is 21.2. The highest BCUT2D eigenvalue weighted by Gasteiger charge is 2.34. The van der Waals surface area contributed by atoms with Crippen molar-refractivity contribution in [2.75, 3.05) is 31.5 Å². The average molecular weight is 478 g/mol. The second kappa shape index (κ2) is 9.20. The first-order valence-electron chi connectivity index (χ1n) is 9.05. The van der Waals surface area contributed by atoms with Crippen molar-refractivity contribution < 1.29 is 18.1 Å². The molecule has 2 aromatic rings. The molecular weight excluding hydrogens is 457 g/mol. The second-order valence-corrected chi connectivity index (χ2v) is 9.99. The lowest BCUT2D eigenvalue weighted by atomic mass is 10.2. The van der Waals surface area contributed by atoms with Crippen molar-refractivity contribution in [3.63, 3.8) is 0 Å². The number of anilines is 1. The number of hydrogen-bond donors (Lipinski definition) is 2. The Kier molecular flexibility index (Phi) is 7.09. The molecule has 0 spiro atoms. The Bertz CT molecular complexity index is 995. The maximum Gasteiger partial charge on any atom is 0.282 e. The van der Waals surface area contributed by atoms with Gasteiger partial charge in [0.2, 0.25) is 10.0 Å². The van der Waals surface area contributed by atoms with Gasteiger partial charge in [-0.2, -0.15) is 4.31 Å². The van der Waals surface area contributed by atoms with Gasteiger partial charge in [0.1, 0.15) is 0 Å². The third-order valence-corrected chi connectivity index (χ3v) is 7.97. The van der Waals surface area contributed by atoms with E-state index in [4.69, 9.17) is 34.8 Å². The smallest absolute Gasteiger partial charge is 0.282 e. The van der Waals surface area contributed by atoms with Gasteiger partial charge >= 0.3 is 0 Å². The van der Waals surface area contributed by atoms with Gasteiger partial charge in [0.05, 0.1) is 51.8 Å². The van der Waals surface area contributed by atoms with Crippen molar-refractivity contribution in [1.82, 2.24) is 4.31 Å². The summed E-state index contributed by atoms with van der Waals surface area (Å²) in [5, 5.41) is 3.68. The van der Waals surface area contributed by atoms with E-state index in [0.717, 1.165) is 4.90 Å². The van der Waals surface area contributed by atoms with Crippen LogP contribution in [0.1, 0.15) is 6.92 Å². The van der Waals surface area contributed by atoms with Gasteiger partial charge in [-0.05, 0) is 31.2 Å². The van der Waals surface area contributed by atoms with Crippen LogP contribution < -0.4 is 10.2 Å². The summed E-state index contributed by atoms with van der Waals surface area (Å²) >= 11 is 18.0. The van der Waals surface area contributed by atoms with Crippen molar-refractivity contribution in [3.05, 3.63) is 57.5 Å². The Morgan fingerprint density at radius 1 is 1.03 bits per heavy atom. The van der Waals surface area contributed by atoms with Gasteiger partial charge < -0.3 is 10.2 Å². The molecule has 0 radical (unpaired) electrons. The molecule has 2 N–H and O–H groups in total. The maximum atomic E-state index is 12.7. The fourth-order valence-corrected chi connectivity index (χ4v) is 5.29. The molecule has 1 saturated heterocycles. The molecule has 1 aliphatic heterocycles. The highest BCUT2D eigenvalue weighted by atomic mass is 35.5. The Hall–Kier alpha value is -1.35. The number of piperazine rings is 1. The summed E-state index contributed by atoms with van der Waals surface area (Å²) in [6.07, 6.45) is 0. The van der Waals surface area contributed by atoms with E-state index in [-0.39, 0.29) is 16.8 Å². The summed E-state index contributed by atoms with van der Waals surface area (Å²) in [4.78, 5) is 13.9. The van der Waals surface area contributed by atoms with Crippen molar-refractivity contribution in [2.45, 2.75) is 17.9 Å². The van der Waals surface area contributed by atoms with Gasteiger partial charge in [0.15, 0.2) is 6.04 Å². The largest absolute Gasteiger partial charge is 0.323 e. The number of sulfonamides is 1. The molecule has 0 aliphatic carbocycles. The topological polar surface area (TPSA) is 70.9 Å². The Labute approximate surface area is 185 Å². The predicted molar refractivity (Wildman–Crippen MR) is 115 cm³/mol. The van der Waals surface area contributed by atoms with Gasteiger partial charge in [-0.3, -0.25) is 4.79 Å². The lowest BCUT2D eigenvalue weighted by molar-refractivity contribution is -0.917. The molecule has 10 heteroatoms. The van der Waals surface area contributed by atoms with Crippen LogP contribution in [0.25, 0.3) is 0 Å². The molecule has 1 fully saturated rings. The lowest BCUT2D eigenvalue weighted by Gasteiger charge is -2.34. The number of rotatable bonds is 5. The van der Waals surface area contributed by atoms with Crippen LogP contribution in [0.5, 0.6) is 0 Å². The first-order valence-corrected chi connectivity index (χ1v) is 11.6. The number of nitrogens with zero attached hydrogens (tertiary/aromatic N) is 1. The Morgan fingerprint density at radius 3 is 2.24 bits per heavy atom. The zero-order valence-corrected chi connectivity index (χ0v) is 18.7. The quantitative estimate of drug-likeness (QED) is 0.650. The first kappa shape index (κ1) is 22.3. The lowest BCUT2D eigenvalue weighted by Crippen LogP contribution is -3.19. The van der Waals surface area contributed by atoms with Crippen LogP contribution in [0.3, 0.4) is 0 Å². The number of quaternary nitrogens is 1. The van der Waals surface area contributed by atoms with Crippen LogP contribution in [0.15, 0.2) is 47.4 Å². The van der Waals surface area contributed by atoms with Crippen LogP contribution in [-0.4, -0.2) is 50.9 Å².